The molecule has 1 N–H and O–H groups in total. The number of carbonyl (C=O) groups is 3. The molecule has 242 valence electrons. The Bertz CT molecular complexity index is 1600. The van der Waals surface area contributed by atoms with E-state index in [0.29, 0.717) is 17.0 Å². The zero-order valence-electron chi connectivity index (χ0n) is 26.2. The zero-order chi connectivity index (χ0) is 33.5. The van der Waals surface area contributed by atoms with Crippen LogP contribution in [0.25, 0.3) is 0 Å². The van der Waals surface area contributed by atoms with E-state index in [9.17, 15) is 27.9 Å². The first-order valence-electron chi connectivity index (χ1n) is 14.4. The van der Waals surface area contributed by atoms with Gasteiger partial charge < -0.3 is 19.6 Å². The van der Waals surface area contributed by atoms with Crippen molar-refractivity contribution in [3.8, 4) is 0 Å². The Morgan fingerprint density at radius 2 is 1.53 bits per heavy atom. The third-order valence-electron chi connectivity index (χ3n) is 6.69. The van der Waals surface area contributed by atoms with Gasteiger partial charge in [0.1, 0.15) is 5.60 Å². The topological polar surface area (TPSA) is 131 Å². The first kappa shape index (κ1) is 35.5. The van der Waals surface area contributed by atoms with E-state index in [4.69, 9.17) is 21.2 Å². The third-order valence-corrected chi connectivity index (χ3v) is 8.71. The zero-order valence-corrected chi connectivity index (χ0v) is 27.8. The van der Waals surface area contributed by atoms with E-state index in [1.807, 2.05) is 6.92 Å². The summed E-state index contributed by atoms with van der Waals surface area (Å²) in [7, 11) is -3.91. The predicted molar refractivity (Wildman–Crippen MR) is 169 cm³/mol. The van der Waals surface area contributed by atoms with Gasteiger partial charge in [0.25, 0.3) is 5.91 Å². The highest BCUT2D eigenvalue weighted by Crippen LogP contribution is 2.25. The van der Waals surface area contributed by atoms with Gasteiger partial charge in [-0.1, -0.05) is 35.9 Å². The normalized spacial score (nSPS) is 13.0. The highest BCUT2D eigenvalue weighted by Gasteiger charge is 2.29. The van der Waals surface area contributed by atoms with Crippen molar-refractivity contribution in [3.05, 3.63) is 94.5 Å². The Labute approximate surface area is 269 Å². The average Bonchev–Trinajstić information content (AvgIpc) is 2.97. The molecule has 3 aromatic carbocycles. The van der Waals surface area contributed by atoms with Crippen LogP contribution < -0.4 is 0 Å². The van der Waals surface area contributed by atoms with Crippen molar-refractivity contribution in [2.24, 2.45) is 0 Å². The number of carbonyl (C=O) groups excluding carboxylic acids is 3. The molecule has 0 bridgehead atoms. The molecule has 2 atom stereocenters. The molecule has 0 heterocycles. The van der Waals surface area contributed by atoms with Crippen molar-refractivity contribution < 1.29 is 37.5 Å². The van der Waals surface area contributed by atoms with Crippen LogP contribution in [-0.2, 0) is 30.6 Å². The lowest BCUT2D eigenvalue weighted by Gasteiger charge is -2.33. The summed E-state index contributed by atoms with van der Waals surface area (Å²) in [6, 6.07) is 18.0. The van der Waals surface area contributed by atoms with Gasteiger partial charge in [-0.2, -0.15) is 5.06 Å². The molecule has 0 aliphatic heterocycles. The summed E-state index contributed by atoms with van der Waals surface area (Å²) in [4.78, 5) is 43.4. The van der Waals surface area contributed by atoms with Crippen LogP contribution in [0, 0.1) is 0 Å². The molecule has 0 spiro atoms. The van der Waals surface area contributed by atoms with Crippen molar-refractivity contribution in [2.75, 3.05) is 13.1 Å². The van der Waals surface area contributed by atoms with E-state index in [1.165, 1.54) is 48.2 Å². The maximum Gasteiger partial charge on any atom is 0.410 e. The molecule has 0 unspecified atom stereocenters. The van der Waals surface area contributed by atoms with E-state index in [-0.39, 0.29) is 28.4 Å². The van der Waals surface area contributed by atoms with Crippen LogP contribution in [0.5, 0.6) is 0 Å². The van der Waals surface area contributed by atoms with Crippen molar-refractivity contribution in [2.45, 2.75) is 75.5 Å². The molecular weight excluding hydrogens is 620 g/mol. The van der Waals surface area contributed by atoms with E-state index in [0.717, 1.165) is 10.6 Å². The molecule has 45 heavy (non-hydrogen) atoms. The van der Waals surface area contributed by atoms with Crippen molar-refractivity contribution in [1.82, 2.24) is 9.96 Å². The number of nitrogens with zero attached hydrogens (tertiary/aromatic N) is 2. The van der Waals surface area contributed by atoms with Crippen LogP contribution in [0.1, 0.15) is 69.1 Å². The largest absolute Gasteiger partial charge is 0.444 e. The third kappa shape index (κ3) is 9.78. The molecule has 0 fully saturated rings. The van der Waals surface area contributed by atoms with Gasteiger partial charge in [-0.05, 0) is 101 Å². The molecule has 0 aliphatic rings. The molecule has 0 saturated heterocycles. The highest BCUT2D eigenvalue weighted by molar-refractivity contribution is 7.91. The fraction of sp³-hybridized carbons (Fsp3) is 0.364. The van der Waals surface area contributed by atoms with Crippen molar-refractivity contribution >= 4 is 39.4 Å². The number of sulfone groups is 1. The number of hydroxylamine groups is 2. The van der Waals surface area contributed by atoms with Gasteiger partial charge >= 0.3 is 12.1 Å². The highest BCUT2D eigenvalue weighted by atomic mass is 35.5. The lowest BCUT2D eigenvalue weighted by molar-refractivity contribution is -0.174. The van der Waals surface area contributed by atoms with Gasteiger partial charge in [0.2, 0.25) is 9.84 Å². The fourth-order valence-electron chi connectivity index (χ4n) is 4.48. The van der Waals surface area contributed by atoms with E-state index in [2.05, 4.69) is 0 Å². The number of aliphatic hydroxyl groups is 1. The number of benzene rings is 3. The summed E-state index contributed by atoms with van der Waals surface area (Å²) >= 11 is 6.09. The molecule has 3 aromatic rings. The molecule has 12 heteroatoms. The minimum Gasteiger partial charge on any atom is -0.444 e. The van der Waals surface area contributed by atoms with Crippen LogP contribution in [0.3, 0.4) is 0 Å². The molecule has 0 aliphatic carbocycles. The first-order valence-corrected chi connectivity index (χ1v) is 16.3. The Balaban J connectivity index is 1.77. The van der Waals surface area contributed by atoms with Gasteiger partial charge in [-0.15, -0.1) is 0 Å². The van der Waals surface area contributed by atoms with Crippen LogP contribution in [-0.4, -0.2) is 66.2 Å². The standard InChI is InChI=1S/C33H39ClN2O8S/c1-7-36(44-23(3)37)31(39)25-13-17-29(18-14-25)45(41,42)28-15-11-24(12-16-28)19-22(2)35(32(40)43-33(4,5)6)21-30(38)26-9-8-10-27(34)20-26/h8-18,20,22,30,38H,7,19,21H2,1-6H3/t22-,30+/m1/s1. The second-order valence-corrected chi connectivity index (χ2v) is 13.9. The van der Waals surface area contributed by atoms with Crippen molar-refractivity contribution in [1.29, 1.82) is 0 Å². The quantitative estimate of drug-likeness (QED) is 0.262. The minimum atomic E-state index is -3.91. The number of aliphatic hydroxyl groups excluding tert-OH is 1. The van der Waals surface area contributed by atoms with Gasteiger partial charge in [-0.25, -0.2) is 13.2 Å². The Hall–Kier alpha value is -3.93. The van der Waals surface area contributed by atoms with E-state index < -0.39 is 45.6 Å². The maximum atomic E-state index is 13.3. The molecule has 0 radical (unpaired) electrons. The van der Waals surface area contributed by atoms with Gasteiger partial charge in [0.05, 0.1) is 29.0 Å². The molecule has 10 nitrogen and oxygen atoms in total. The van der Waals surface area contributed by atoms with Crippen LogP contribution in [0.4, 0.5) is 4.79 Å². The molecule has 0 aromatic heterocycles. The minimum absolute atomic E-state index is 0.0122. The van der Waals surface area contributed by atoms with Crippen molar-refractivity contribution in [3.63, 3.8) is 0 Å². The summed E-state index contributed by atoms with van der Waals surface area (Å²) in [5.74, 6) is -1.22. The summed E-state index contributed by atoms with van der Waals surface area (Å²) < 4.78 is 32.3. The van der Waals surface area contributed by atoms with Gasteiger partial charge in [0.15, 0.2) is 0 Å². The molecule has 3 rings (SSSR count). The molecule has 2 amide bonds. The number of halogens is 1. The number of hydrogen-bond donors (Lipinski definition) is 1. The first-order chi connectivity index (χ1) is 21.0. The summed E-state index contributed by atoms with van der Waals surface area (Å²) in [6.07, 6.45) is -1.25. The second kappa shape index (κ2) is 14.9. The average molecular weight is 659 g/mol. The smallest absolute Gasteiger partial charge is 0.410 e. The SMILES string of the molecule is CCN(OC(C)=O)C(=O)c1ccc(S(=O)(=O)c2ccc(C[C@@H](C)N(C[C@H](O)c3cccc(Cl)c3)C(=O)OC(C)(C)C)cc2)cc1. The Morgan fingerprint density at radius 1 is 0.956 bits per heavy atom. The van der Waals surface area contributed by atoms with Crippen LogP contribution >= 0.6 is 11.6 Å². The number of ether oxygens (including phenoxy) is 1. The maximum absolute atomic E-state index is 13.3. The number of rotatable bonds is 10. The summed E-state index contributed by atoms with van der Waals surface area (Å²) in [5.41, 5.74) is 0.729. The summed E-state index contributed by atoms with van der Waals surface area (Å²) in [6.45, 7) is 10.0. The Kier molecular flexibility index (Phi) is 11.8. The fourth-order valence-corrected chi connectivity index (χ4v) is 5.94. The number of hydrogen-bond acceptors (Lipinski definition) is 8. The Morgan fingerprint density at radius 3 is 2.04 bits per heavy atom. The van der Waals surface area contributed by atoms with E-state index in [1.54, 1.807) is 64.1 Å². The molecular formula is C33H39ClN2O8S. The van der Waals surface area contributed by atoms with Crippen LogP contribution in [0.2, 0.25) is 5.02 Å². The molecule has 0 saturated carbocycles. The second-order valence-electron chi connectivity index (χ2n) is 11.5. The lowest BCUT2D eigenvalue weighted by Crippen LogP contribution is -2.45. The monoisotopic (exact) mass is 658 g/mol. The van der Waals surface area contributed by atoms with Gasteiger partial charge in [0, 0.05) is 23.6 Å². The van der Waals surface area contributed by atoms with Crippen LogP contribution in [0.15, 0.2) is 82.6 Å². The van der Waals surface area contributed by atoms with E-state index >= 15 is 0 Å². The number of amides is 2. The summed E-state index contributed by atoms with van der Waals surface area (Å²) in [5, 5.41) is 12.3. The van der Waals surface area contributed by atoms with Gasteiger partial charge in [-0.3, -0.25) is 9.59 Å². The lowest BCUT2D eigenvalue weighted by atomic mass is 10.0. The predicted octanol–water partition coefficient (Wildman–Crippen LogP) is 6.01.